The summed E-state index contributed by atoms with van der Waals surface area (Å²) in [4.78, 5) is 1.36. The summed E-state index contributed by atoms with van der Waals surface area (Å²) in [6.07, 6.45) is 3.54. The van der Waals surface area contributed by atoms with Gasteiger partial charge in [0.05, 0.1) is 0 Å². The predicted molar refractivity (Wildman–Crippen MR) is 72.8 cm³/mol. The van der Waals surface area contributed by atoms with Crippen molar-refractivity contribution in [2.45, 2.75) is 30.2 Å². The first kappa shape index (κ1) is 12.9. The van der Waals surface area contributed by atoms with Crippen LogP contribution in [0.2, 0.25) is 0 Å². The molecular weight excluding hydrogens is 222 g/mol. The average Bonchev–Trinajstić information content (AvgIpc) is 2.29. The summed E-state index contributed by atoms with van der Waals surface area (Å²) in [5, 5.41) is 0. The number of rotatable bonds is 7. The first-order valence-corrected chi connectivity index (χ1v) is 6.99. The van der Waals surface area contributed by atoms with Gasteiger partial charge in [-0.05, 0) is 30.7 Å². The van der Waals surface area contributed by atoms with E-state index in [1.807, 2.05) is 11.8 Å². The number of nitrogens with two attached hydrogens (primary N) is 1. The van der Waals surface area contributed by atoms with Gasteiger partial charge < -0.3 is 5.73 Å². The van der Waals surface area contributed by atoms with Gasteiger partial charge in [-0.15, -0.1) is 11.8 Å². The van der Waals surface area contributed by atoms with Crippen molar-refractivity contribution in [3.05, 3.63) is 30.3 Å². The van der Waals surface area contributed by atoms with E-state index in [-0.39, 0.29) is 6.04 Å². The number of hydrogen-bond acceptors (Lipinski definition) is 3. The van der Waals surface area contributed by atoms with Crippen molar-refractivity contribution in [2.24, 2.45) is 5.73 Å². The van der Waals surface area contributed by atoms with Crippen molar-refractivity contribution in [2.75, 3.05) is 11.5 Å². The zero-order valence-electron chi connectivity index (χ0n) is 8.93. The van der Waals surface area contributed by atoms with E-state index in [4.69, 9.17) is 5.73 Å². The van der Waals surface area contributed by atoms with Crippen molar-refractivity contribution in [3.63, 3.8) is 0 Å². The number of unbranched alkanes of at least 4 members (excludes halogenated alkanes) is 1. The Hall–Kier alpha value is -0.120. The van der Waals surface area contributed by atoms with Gasteiger partial charge in [0.2, 0.25) is 0 Å². The molecule has 84 valence electrons. The third kappa shape index (κ3) is 6.13. The van der Waals surface area contributed by atoms with Gasteiger partial charge in [-0.1, -0.05) is 24.6 Å². The molecule has 0 bridgehead atoms. The number of hydrogen-bond donors (Lipinski definition) is 2. The van der Waals surface area contributed by atoms with Gasteiger partial charge in [-0.2, -0.15) is 12.6 Å². The van der Waals surface area contributed by atoms with Gasteiger partial charge in [0.1, 0.15) is 0 Å². The zero-order chi connectivity index (χ0) is 10.9. The Morgan fingerprint density at radius 2 is 1.93 bits per heavy atom. The van der Waals surface area contributed by atoms with Crippen molar-refractivity contribution in [1.29, 1.82) is 0 Å². The van der Waals surface area contributed by atoms with E-state index in [9.17, 15) is 0 Å². The van der Waals surface area contributed by atoms with Crippen LogP contribution in [0.1, 0.15) is 19.3 Å². The van der Waals surface area contributed by atoms with Gasteiger partial charge in [-0.3, -0.25) is 0 Å². The van der Waals surface area contributed by atoms with Crippen LogP contribution in [0, 0.1) is 0 Å². The third-order valence-corrected chi connectivity index (χ3v) is 3.78. The summed E-state index contributed by atoms with van der Waals surface area (Å²) in [6.45, 7) is 0. The molecule has 0 aliphatic rings. The molecule has 0 aliphatic carbocycles. The zero-order valence-corrected chi connectivity index (χ0v) is 10.6. The molecule has 0 amide bonds. The Balaban J connectivity index is 2.03. The fourth-order valence-electron chi connectivity index (χ4n) is 1.31. The van der Waals surface area contributed by atoms with Crippen molar-refractivity contribution >= 4 is 24.4 Å². The van der Waals surface area contributed by atoms with Crippen LogP contribution >= 0.6 is 24.4 Å². The summed E-state index contributed by atoms with van der Waals surface area (Å²) < 4.78 is 0. The van der Waals surface area contributed by atoms with Gasteiger partial charge in [0, 0.05) is 16.7 Å². The highest BCUT2D eigenvalue weighted by Crippen LogP contribution is 2.18. The highest BCUT2D eigenvalue weighted by Gasteiger charge is 1.99. The molecule has 3 heteroatoms. The van der Waals surface area contributed by atoms with Crippen molar-refractivity contribution in [1.82, 2.24) is 0 Å². The van der Waals surface area contributed by atoms with E-state index in [1.165, 1.54) is 23.5 Å². The lowest BCUT2D eigenvalue weighted by Crippen LogP contribution is -2.21. The fraction of sp³-hybridized carbons (Fsp3) is 0.500. The molecule has 1 aromatic rings. The number of thiol groups is 1. The van der Waals surface area contributed by atoms with Crippen LogP contribution in [0.4, 0.5) is 0 Å². The second kappa shape index (κ2) is 8.08. The summed E-state index contributed by atoms with van der Waals surface area (Å²) in [5.74, 6) is 1.98. The third-order valence-electron chi connectivity index (χ3n) is 2.22. The van der Waals surface area contributed by atoms with E-state index in [0.29, 0.717) is 0 Å². The van der Waals surface area contributed by atoms with Gasteiger partial charge >= 0.3 is 0 Å². The largest absolute Gasteiger partial charge is 0.327 e. The maximum atomic E-state index is 5.78. The first-order valence-electron chi connectivity index (χ1n) is 5.37. The van der Waals surface area contributed by atoms with Gasteiger partial charge in [0.15, 0.2) is 0 Å². The highest BCUT2D eigenvalue weighted by molar-refractivity contribution is 7.99. The monoisotopic (exact) mass is 241 g/mol. The number of benzene rings is 1. The summed E-state index contributed by atoms with van der Waals surface area (Å²) >= 11 is 6.09. The lowest BCUT2D eigenvalue weighted by Gasteiger charge is -2.07. The molecule has 1 rings (SSSR count). The molecule has 0 aliphatic heterocycles. The van der Waals surface area contributed by atoms with Gasteiger partial charge in [-0.25, -0.2) is 0 Å². The van der Waals surface area contributed by atoms with Crippen LogP contribution in [0.25, 0.3) is 0 Å². The topological polar surface area (TPSA) is 26.0 Å². The molecule has 15 heavy (non-hydrogen) atoms. The Morgan fingerprint density at radius 3 is 2.60 bits per heavy atom. The van der Waals surface area contributed by atoms with E-state index in [2.05, 4.69) is 43.0 Å². The van der Waals surface area contributed by atoms with Crippen LogP contribution in [0.15, 0.2) is 35.2 Å². The smallest absolute Gasteiger partial charge is 0.0127 e. The van der Waals surface area contributed by atoms with Crippen LogP contribution in [-0.2, 0) is 0 Å². The summed E-state index contributed by atoms with van der Waals surface area (Å²) in [7, 11) is 0. The Morgan fingerprint density at radius 1 is 1.20 bits per heavy atom. The molecule has 0 fully saturated rings. The van der Waals surface area contributed by atoms with Crippen LogP contribution in [0.5, 0.6) is 0 Å². The molecule has 2 N–H and O–H groups in total. The Kier molecular flexibility index (Phi) is 6.98. The molecule has 0 heterocycles. The highest BCUT2D eigenvalue weighted by atomic mass is 32.2. The minimum absolute atomic E-state index is 0.273. The van der Waals surface area contributed by atoms with E-state index < -0.39 is 0 Å². The minimum atomic E-state index is 0.273. The van der Waals surface area contributed by atoms with Crippen molar-refractivity contribution in [3.8, 4) is 0 Å². The normalized spacial score (nSPS) is 12.7. The van der Waals surface area contributed by atoms with Crippen LogP contribution in [-0.4, -0.2) is 17.5 Å². The standard InChI is InChI=1S/C12H19NS2/c13-11(10-14)6-4-5-9-15-12-7-2-1-3-8-12/h1-3,7-8,11,14H,4-6,9-10,13H2/t11-/m1/s1. The van der Waals surface area contributed by atoms with E-state index in [1.54, 1.807) is 0 Å². The Labute approximate surface area is 102 Å². The summed E-state index contributed by atoms with van der Waals surface area (Å²) in [5.41, 5.74) is 5.78. The molecule has 0 saturated heterocycles. The molecule has 1 aromatic carbocycles. The van der Waals surface area contributed by atoms with Gasteiger partial charge in [0.25, 0.3) is 0 Å². The first-order chi connectivity index (χ1) is 7.33. The molecule has 0 spiro atoms. The predicted octanol–water partition coefficient (Wildman–Crippen LogP) is 3.21. The number of thioether (sulfide) groups is 1. The maximum absolute atomic E-state index is 5.78. The van der Waals surface area contributed by atoms with Crippen LogP contribution in [0.3, 0.4) is 0 Å². The summed E-state index contributed by atoms with van der Waals surface area (Å²) in [6, 6.07) is 10.8. The fourth-order valence-corrected chi connectivity index (χ4v) is 2.42. The molecule has 0 aromatic heterocycles. The average molecular weight is 241 g/mol. The SMILES string of the molecule is N[C@@H](CS)CCCCSc1ccccc1. The second-order valence-electron chi connectivity index (χ2n) is 3.60. The molecule has 0 radical (unpaired) electrons. The van der Waals surface area contributed by atoms with Crippen LogP contribution < -0.4 is 5.73 Å². The van der Waals surface area contributed by atoms with E-state index in [0.717, 1.165) is 12.2 Å². The lowest BCUT2D eigenvalue weighted by atomic mass is 10.2. The second-order valence-corrected chi connectivity index (χ2v) is 5.13. The molecule has 1 atom stereocenters. The van der Waals surface area contributed by atoms with Crippen molar-refractivity contribution < 1.29 is 0 Å². The Bertz CT molecular complexity index is 251. The molecule has 0 unspecified atom stereocenters. The minimum Gasteiger partial charge on any atom is -0.327 e. The van der Waals surface area contributed by atoms with E-state index >= 15 is 0 Å². The maximum Gasteiger partial charge on any atom is 0.0127 e. The lowest BCUT2D eigenvalue weighted by molar-refractivity contribution is 0.626. The quantitative estimate of drug-likeness (QED) is 0.435. The molecule has 0 saturated carbocycles. The molecular formula is C12H19NS2. The molecule has 1 nitrogen and oxygen atoms in total.